The van der Waals surface area contributed by atoms with Crippen molar-refractivity contribution in [2.45, 2.75) is 11.3 Å². The Bertz CT molecular complexity index is 512. The van der Waals surface area contributed by atoms with Crippen molar-refractivity contribution in [2.75, 3.05) is 31.9 Å². The van der Waals surface area contributed by atoms with Gasteiger partial charge in [-0.05, 0) is 24.8 Å². The second kappa shape index (κ2) is 6.76. The topological polar surface area (TPSA) is 64.6 Å². The van der Waals surface area contributed by atoms with Gasteiger partial charge < -0.3 is 14.8 Å². The Labute approximate surface area is 122 Å². The number of hydrogen-bond acceptors (Lipinski definition) is 5. The van der Waals surface area contributed by atoms with E-state index in [1.807, 2.05) is 12.3 Å². The van der Waals surface area contributed by atoms with E-state index in [-0.39, 0.29) is 11.8 Å². The molecule has 1 N–H and O–H groups in total. The highest BCUT2D eigenvalue weighted by Crippen LogP contribution is 2.30. The predicted molar refractivity (Wildman–Crippen MR) is 77.1 cm³/mol. The molecule has 1 amide bonds. The van der Waals surface area contributed by atoms with Gasteiger partial charge in [0.25, 0.3) is 0 Å². The van der Waals surface area contributed by atoms with Crippen LogP contribution >= 0.6 is 11.8 Å². The summed E-state index contributed by atoms with van der Waals surface area (Å²) in [5.74, 6) is -0.733. The second-order valence-corrected chi connectivity index (χ2v) is 5.27. The van der Waals surface area contributed by atoms with Crippen LogP contribution in [-0.4, -0.2) is 38.5 Å². The minimum atomic E-state index is -0.459. The molecule has 0 bridgehead atoms. The second-order valence-electron chi connectivity index (χ2n) is 4.42. The fourth-order valence-electron chi connectivity index (χ4n) is 2.08. The largest absolute Gasteiger partial charge is 0.465 e. The molecule has 1 aromatic rings. The van der Waals surface area contributed by atoms with Gasteiger partial charge in [0.05, 0.1) is 30.9 Å². The van der Waals surface area contributed by atoms with Crippen LogP contribution in [0.5, 0.6) is 0 Å². The zero-order valence-corrected chi connectivity index (χ0v) is 12.3. The molecular formula is C14H17NO4S. The van der Waals surface area contributed by atoms with Gasteiger partial charge in [-0.3, -0.25) is 4.79 Å². The van der Waals surface area contributed by atoms with Crippen molar-refractivity contribution in [3.8, 4) is 0 Å². The Morgan fingerprint density at radius 2 is 2.25 bits per heavy atom. The average Bonchev–Trinajstić information content (AvgIpc) is 3.01. The van der Waals surface area contributed by atoms with Gasteiger partial charge in [-0.2, -0.15) is 0 Å². The summed E-state index contributed by atoms with van der Waals surface area (Å²) >= 11 is 1.47. The molecule has 1 atom stereocenters. The lowest BCUT2D eigenvalue weighted by molar-refractivity contribution is -0.119. The highest BCUT2D eigenvalue weighted by Gasteiger charge is 2.26. The van der Waals surface area contributed by atoms with Gasteiger partial charge in [-0.1, -0.05) is 6.07 Å². The van der Waals surface area contributed by atoms with E-state index in [0.29, 0.717) is 30.9 Å². The van der Waals surface area contributed by atoms with E-state index < -0.39 is 5.97 Å². The van der Waals surface area contributed by atoms with Crippen LogP contribution in [0.4, 0.5) is 5.69 Å². The highest BCUT2D eigenvalue weighted by molar-refractivity contribution is 7.98. The molecule has 6 heteroatoms. The number of nitrogens with one attached hydrogen (secondary N) is 1. The maximum Gasteiger partial charge on any atom is 0.340 e. The fraction of sp³-hybridized carbons (Fsp3) is 0.429. The van der Waals surface area contributed by atoms with Gasteiger partial charge in [0.15, 0.2) is 0 Å². The minimum Gasteiger partial charge on any atom is -0.465 e. The number of anilines is 1. The third-order valence-electron chi connectivity index (χ3n) is 3.20. The number of methoxy groups -OCH3 is 1. The number of rotatable bonds is 4. The lowest BCUT2D eigenvalue weighted by atomic mass is 10.1. The average molecular weight is 295 g/mol. The molecular weight excluding hydrogens is 278 g/mol. The Kier molecular flexibility index (Phi) is 5.03. The first-order valence-corrected chi connectivity index (χ1v) is 7.53. The number of para-hydroxylation sites is 1. The Morgan fingerprint density at radius 1 is 1.45 bits per heavy atom. The van der Waals surface area contributed by atoms with E-state index in [9.17, 15) is 9.59 Å². The van der Waals surface area contributed by atoms with Crippen molar-refractivity contribution in [3.05, 3.63) is 23.8 Å². The van der Waals surface area contributed by atoms with Crippen LogP contribution in [0.3, 0.4) is 0 Å². The molecule has 5 nitrogen and oxygen atoms in total. The maximum atomic E-state index is 12.2. The van der Waals surface area contributed by atoms with Crippen molar-refractivity contribution in [3.63, 3.8) is 0 Å². The van der Waals surface area contributed by atoms with E-state index in [2.05, 4.69) is 5.32 Å². The standard InChI is InChI=1S/C14H17NO4S/c1-18-14(17)10-4-3-5-11(20-2)12(10)15-13(16)9-6-7-19-8-9/h3-5,9H,6-8H2,1-2H3,(H,15,16)/t9-/m0/s1. The van der Waals surface area contributed by atoms with Crippen LogP contribution in [0.15, 0.2) is 23.1 Å². The summed E-state index contributed by atoms with van der Waals surface area (Å²) in [6.45, 7) is 1.03. The number of benzene rings is 1. The summed E-state index contributed by atoms with van der Waals surface area (Å²) in [4.78, 5) is 24.8. The minimum absolute atomic E-state index is 0.117. The van der Waals surface area contributed by atoms with Crippen LogP contribution in [0.25, 0.3) is 0 Å². The van der Waals surface area contributed by atoms with Gasteiger partial charge in [0, 0.05) is 11.5 Å². The smallest absolute Gasteiger partial charge is 0.340 e. The molecule has 108 valence electrons. The molecule has 1 aromatic carbocycles. The molecule has 0 spiro atoms. The van der Waals surface area contributed by atoms with E-state index in [0.717, 1.165) is 4.90 Å². The molecule has 1 heterocycles. The molecule has 1 saturated heterocycles. The Morgan fingerprint density at radius 3 is 2.85 bits per heavy atom. The first-order valence-electron chi connectivity index (χ1n) is 6.31. The molecule has 0 saturated carbocycles. The highest BCUT2D eigenvalue weighted by atomic mass is 32.2. The van der Waals surface area contributed by atoms with Crippen LogP contribution < -0.4 is 5.32 Å². The first kappa shape index (κ1) is 14.9. The van der Waals surface area contributed by atoms with E-state index >= 15 is 0 Å². The Hall–Kier alpha value is -1.53. The molecule has 0 aromatic heterocycles. The van der Waals surface area contributed by atoms with Crippen LogP contribution in [0.1, 0.15) is 16.8 Å². The lowest BCUT2D eigenvalue weighted by Gasteiger charge is -2.15. The molecule has 0 aliphatic carbocycles. The normalized spacial score (nSPS) is 17.8. The Balaban J connectivity index is 2.28. The number of hydrogen-bond donors (Lipinski definition) is 1. The molecule has 0 unspecified atom stereocenters. The number of ether oxygens (including phenoxy) is 2. The number of amides is 1. The van der Waals surface area contributed by atoms with Crippen molar-refractivity contribution in [1.29, 1.82) is 0 Å². The third-order valence-corrected chi connectivity index (χ3v) is 3.98. The van der Waals surface area contributed by atoms with Crippen molar-refractivity contribution < 1.29 is 19.1 Å². The molecule has 1 fully saturated rings. The maximum absolute atomic E-state index is 12.2. The van der Waals surface area contributed by atoms with E-state index in [4.69, 9.17) is 9.47 Å². The SMILES string of the molecule is COC(=O)c1cccc(SC)c1NC(=O)[C@H]1CCOC1. The van der Waals surface area contributed by atoms with Crippen molar-refractivity contribution >= 4 is 29.3 Å². The lowest BCUT2D eigenvalue weighted by Crippen LogP contribution is -2.24. The summed E-state index contributed by atoms with van der Waals surface area (Å²) < 4.78 is 9.97. The van der Waals surface area contributed by atoms with Crippen LogP contribution in [0, 0.1) is 5.92 Å². The van der Waals surface area contributed by atoms with Gasteiger partial charge in [-0.15, -0.1) is 11.8 Å². The summed E-state index contributed by atoms with van der Waals surface area (Å²) in [7, 11) is 1.32. The zero-order valence-electron chi connectivity index (χ0n) is 11.5. The summed E-state index contributed by atoms with van der Waals surface area (Å²) in [5.41, 5.74) is 0.885. The number of carbonyl (C=O) groups excluding carboxylic acids is 2. The van der Waals surface area contributed by atoms with Gasteiger partial charge in [0.1, 0.15) is 0 Å². The van der Waals surface area contributed by atoms with Crippen molar-refractivity contribution in [2.24, 2.45) is 5.92 Å². The zero-order chi connectivity index (χ0) is 14.5. The summed E-state index contributed by atoms with van der Waals surface area (Å²) in [5, 5.41) is 2.85. The van der Waals surface area contributed by atoms with Gasteiger partial charge in [-0.25, -0.2) is 4.79 Å². The fourth-order valence-corrected chi connectivity index (χ4v) is 2.66. The van der Waals surface area contributed by atoms with Crippen LogP contribution in [0.2, 0.25) is 0 Å². The monoisotopic (exact) mass is 295 g/mol. The van der Waals surface area contributed by atoms with Crippen molar-refractivity contribution in [1.82, 2.24) is 0 Å². The number of thioether (sulfide) groups is 1. The molecule has 20 heavy (non-hydrogen) atoms. The quantitative estimate of drug-likeness (QED) is 0.681. The number of carbonyl (C=O) groups is 2. The predicted octanol–water partition coefficient (Wildman–Crippen LogP) is 2.17. The third kappa shape index (κ3) is 3.13. The molecule has 1 aliphatic heterocycles. The van der Waals surface area contributed by atoms with Crippen LogP contribution in [-0.2, 0) is 14.3 Å². The molecule has 1 aliphatic rings. The molecule has 2 rings (SSSR count). The van der Waals surface area contributed by atoms with Gasteiger partial charge >= 0.3 is 5.97 Å². The summed E-state index contributed by atoms with van der Waals surface area (Å²) in [6.07, 6.45) is 2.60. The van der Waals surface area contributed by atoms with Gasteiger partial charge in [0.2, 0.25) is 5.91 Å². The van der Waals surface area contributed by atoms with E-state index in [1.54, 1.807) is 12.1 Å². The first-order chi connectivity index (χ1) is 9.67. The van der Waals surface area contributed by atoms with E-state index in [1.165, 1.54) is 18.9 Å². The summed E-state index contributed by atoms with van der Waals surface area (Å²) in [6, 6.07) is 5.27. The number of esters is 1. The molecule has 0 radical (unpaired) electrons.